The molecule has 0 spiro atoms. The first-order chi connectivity index (χ1) is 9.90. The van der Waals surface area contributed by atoms with Crippen LogP contribution in [-0.2, 0) is 4.79 Å². The van der Waals surface area contributed by atoms with Crippen LogP contribution in [0.15, 0.2) is 17.5 Å². The lowest BCUT2D eigenvalue weighted by Gasteiger charge is -2.17. The van der Waals surface area contributed by atoms with Crippen molar-refractivity contribution in [1.82, 2.24) is 10.3 Å². The van der Waals surface area contributed by atoms with E-state index in [1.807, 2.05) is 17.5 Å². The van der Waals surface area contributed by atoms with Gasteiger partial charge in [0.25, 0.3) is 5.91 Å². The van der Waals surface area contributed by atoms with Crippen molar-refractivity contribution in [2.24, 2.45) is 5.92 Å². The lowest BCUT2D eigenvalue weighted by molar-refractivity contribution is -0.140. The number of amides is 1. The van der Waals surface area contributed by atoms with E-state index in [1.165, 1.54) is 11.3 Å². The summed E-state index contributed by atoms with van der Waals surface area (Å²) in [6, 6.07) is 2.97. The quantitative estimate of drug-likeness (QED) is 0.886. The first-order valence-corrected chi connectivity index (χ1v) is 8.14. The normalized spacial score (nSPS) is 12.4. The Morgan fingerprint density at radius 2 is 2.10 bits per heavy atom. The predicted molar refractivity (Wildman–Crippen MR) is 83.9 cm³/mol. The second-order valence-electron chi connectivity index (χ2n) is 4.94. The molecule has 0 fully saturated rings. The van der Waals surface area contributed by atoms with Crippen molar-refractivity contribution < 1.29 is 14.7 Å². The van der Waals surface area contributed by atoms with E-state index in [9.17, 15) is 9.59 Å². The molecule has 2 N–H and O–H groups in total. The summed E-state index contributed by atoms with van der Waals surface area (Å²) in [7, 11) is 0. The number of nitrogens with zero attached hydrogens (tertiary/aromatic N) is 1. The first kappa shape index (κ1) is 15.7. The minimum Gasteiger partial charge on any atom is -0.480 e. The molecule has 0 aliphatic carbocycles. The summed E-state index contributed by atoms with van der Waals surface area (Å²) in [6.07, 6.45) is 0. The fourth-order valence-corrected chi connectivity index (χ4v) is 3.60. The van der Waals surface area contributed by atoms with Crippen LogP contribution in [0.4, 0.5) is 0 Å². The molecule has 5 nitrogen and oxygen atoms in total. The summed E-state index contributed by atoms with van der Waals surface area (Å²) in [5.41, 5.74) is 0.619. The minimum atomic E-state index is -1.03. The monoisotopic (exact) mass is 324 g/mol. The molecule has 21 heavy (non-hydrogen) atoms. The molecule has 0 saturated heterocycles. The number of aliphatic carboxylic acids is 1. The molecule has 0 saturated carbocycles. The van der Waals surface area contributed by atoms with E-state index < -0.39 is 12.0 Å². The van der Waals surface area contributed by atoms with Crippen LogP contribution < -0.4 is 5.32 Å². The van der Waals surface area contributed by atoms with E-state index in [0.29, 0.717) is 10.6 Å². The van der Waals surface area contributed by atoms with Crippen molar-refractivity contribution in [3.63, 3.8) is 0 Å². The average molecular weight is 324 g/mol. The van der Waals surface area contributed by atoms with E-state index in [4.69, 9.17) is 5.11 Å². The molecular weight excluding hydrogens is 308 g/mol. The molecule has 7 heteroatoms. The van der Waals surface area contributed by atoms with Crippen molar-refractivity contribution in [3.8, 4) is 9.88 Å². The van der Waals surface area contributed by atoms with Crippen molar-refractivity contribution in [1.29, 1.82) is 0 Å². The highest BCUT2D eigenvalue weighted by atomic mass is 32.1. The van der Waals surface area contributed by atoms with Gasteiger partial charge in [-0.25, -0.2) is 9.78 Å². The third-order valence-electron chi connectivity index (χ3n) is 2.95. The molecule has 0 radical (unpaired) electrons. The zero-order chi connectivity index (χ0) is 15.6. The number of carboxylic acids is 1. The number of carbonyl (C=O) groups excluding carboxylic acids is 1. The maximum Gasteiger partial charge on any atom is 0.326 e. The smallest absolute Gasteiger partial charge is 0.326 e. The molecule has 0 unspecified atom stereocenters. The van der Waals surface area contributed by atoms with Gasteiger partial charge in [0, 0.05) is 0 Å². The van der Waals surface area contributed by atoms with Crippen molar-refractivity contribution >= 4 is 34.6 Å². The largest absolute Gasteiger partial charge is 0.480 e. The van der Waals surface area contributed by atoms with Gasteiger partial charge in [-0.2, -0.15) is 0 Å². The van der Waals surface area contributed by atoms with Crippen molar-refractivity contribution in [2.45, 2.75) is 26.8 Å². The molecule has 1 amide bonds. The predicted octanol–water partition coefficient (Wildman–Crippen LogP) is 3.02. The van der Waals surface area contributed by atoms with Gasteiger partial charge in [0.05, 0.1) is 10.6 Å². The van der Waals surface area contributed by atoms with Gasteiger partial charge in [-0.1, -0.05) is 19.9 Å². The van der Waals surface area contributed by atoms with E-state index >= 15 is 0 Å². The summed E-state index contributed by atoms with van der Waals surface area (Å²) in [5, 5.41) is 14.4. The fraction of sp³-hybridized carbons (Fsp3) is 0.357. The van der Waals surface area contributed by atoms with E-state index in [1.54, 1.807) is 32.1 Å². The molecule has 0 aliphatic heterocycles. The van der Waals surface area contributed by atoms with Gasteiger partial charge < -0.3 is 10.4 Å². The Morgan fingerprint density at radius 3 is 2.62 bits per heavy atom. The number of hydrogen-bond acceptors (Lipinski definition) is 5. The number of thiazole rings is 1. The summed E-state index contributed by atoms with van der Waals surface area (Å²) in [4.78, 5) is 29.3. The number of nitrogens with one attached hydrogen (secondary N) is 1. The van der Waals surface area contributed by atoms with E-state index in [0.717, 1.165) is 9.88 Å². The van der Waals surface area contributed by atoms with Crippen LogP contribution in [0.3, 0.4) is 0 Å². The Labute approximate surface area is 130 Å². The zero-order valence-electron chi connectivity index (χ0n) is 11.9. The van der Waals surface area contributed by atoms with E-state index in [-0.39, 0.29) is 11.8 Å². The molecule has 2 heterocycles. The number of aromatic nitrogens is 1. The number of aryl methyl sites for hydroxylation is 1. The first-order valence-electron chi connectivity index (χ1n) is 6.45. The molecule has 0 aromatic carbocycles. The lowest BCUT2D eigenvalue weighted by Crippen LogP contribution is -2.44. The van der Waals surface area contributed by atoms with Gasteiger partial charge in [0.2, 0.25) is 0 Å². The van der Waals surface area contributed by atoms with Crippen molar-refractivity contribution in [3.05, 3.63) is 28.1 Å². The molecule has 112 valence electrons. The Kier molecular flexibility index (Phi) is 4.74. The summed E-state index contributed by atoms with van der Waals surface area (Å²) >= 11 is 2.84. The van der Waals surface area contributed by atoms with Crippen molar-refractivity contribution in [2.75, 3.05) is 0 Å². The summed E-state index contributed by atoms with van der Waals surface area (Å²) in [6.45, 7) is 5.28. The lowest BCUT2D eigenvalue weighted by atomic mass is 10.0. The standard InChI is InChI=1S/C14H16N2O3S2/c1-7(2)10(14(18)19)16-12(17)11-8(3)15-13(21-11)9-5-4-6-20-9/h4-7,10H,1-3H3,(H,16,17)(H,18,19)/t10-/m1/s1. The Morgan fingerprint density at radius 1 is 1.38 bits per heavy atom. The molecule has 0 aliphatic rings. The SMILES string of the molecule is Cc1nc(-c2cccs2)sc1C(=O)N[C@@H](C(=O)O)C(C)C. The Balaban J connectivity index is 2.22. The highest BCUT2D eigenvalue weighted by Gasteiger charge is 2.26. The topological polar surface area (TPSA) is 79.3 Å². The van der Waals surface area contributed by atoms with Crippen LogP contribution in [0.5, 0.6) is 0 Å². The highest BCUT2D eigenvalue weighted by Crippen LogP contribution is 2.31. The van der Waals surface area contributed by atoms with Gasteiger partial charge in [-0.05, 0) is 24.3 Å². The molecule has 0 bridgehead atoms. The number of carbonyl (C=O) groups is 2. The second kappa shape index (κ2) is 6.36. The molecular formula is C14H16N2O3S2. The van der Waals surface area contributed by atoms with Crippen LogP contribution in [-0.4, -0.2) is 28.0 Å². The number of rotatable bonds is 5. The summed E-state index contributed by atoms with van der Waals surface area (Å²) < 4.78 is 0. The minimum absolute atomic E-state index is 0.184. The second-order valence-corrected chi connectivity index (χ2v) is 6.89. The maximum absolute atomic E-state index is 12.3. The van der Waals surface area contributed by atoms with Gasteiger partial charge >= 0.3 is 5.97 Å². The van der Waals surface area contributed by atoms with Gasteiger partial charge in [-0.15, -0.1) is 22.7 Å². The maximum atomic E-state index is 12.3. The number of hydrogen-bond donors (Lipinski definition) is 2. The molecule has 2 rings (SSSR count). The Hall–Kier alpha value is -1.73. The van der Waals surface area contributed by atoms with Crippen LogP contribution in [0.1, 0.15) is 29.2 Å². The molecule has 2 aromatic rings. The zero-order valence-corrected chi connectivity index (χ0v) is 13.5. The van der Waals surface area contributed by atoms with Crippen LogP contribution in [0.2, 0.25) is 0 Å². The molecule has 1 atom stereocenters. The molecule has 2 aromatic heterocycles. The van der Waals surface area contributed by atoms with Crippen LogP contribution in [0, 0.1) is 12.8 Å². The summed E-state index contributed by atoms with van der Waals surface area (Å²) in [5.74, 6) is -1.59. The van der Waals surface area contributed by atoms with Gasteiger partial charge in [0.15, 0.2) is 0 Å². The third kappa shape index (κ3) is 3.48. The number of carboxylic acid groups (broad SMARTS) is 1. The highest BCUT2D eigenvalue weighted by molar-refractivity contribution is 7.22. The van der Waals surface area contributed by atoms with E-state index in [2.05, 4.69) is 10.3 Å². The average Bonchev–Trinajstić information content (AvgIpc) is 3.03. The van der Waals surface area contributed by atoms with Gasteiger partial charge in [-0.3, -0.25) is 4.79 Å². The van der Waals surface area contributed by atoms with Crippen LogP contribution >= 0.6 is 22.7 Å². The Bertz CT molecular complexity index is 647. The third-order valence-corrected chi connectivity index (χ3v) is 5.15. The number of thiophene rings is 1. The van der Waals surface area contributed by atoms with Crippen LogP contribution in [0.25, 0.3) is 9.88 Å². The van der Waals surface area contributed by atoms with Gasteiger partial charge in [0.1, 0.15) is 15.9 Å². The fourth-order valence-electron chi connectivity index (χ4n) is 1.83.